The summed E-state index contributed by atoms with van der Waals surface area (Å²) in [6.07, 6.45) is 4.96. The van der Waals surface area contributed by atoms with E-state index in [0.29, 0.717) is 12.6 Å². The van der Waals surface area contributed by atoms with Gasteiger partial charge in [-0.2, -0.15) is 0 Å². The van der Waals surface area contributed by atoms with Crippen LogP contribution in [0.15, 0.2) is 0 Å². The van der Waals surface area contributed by atoms with Crippen LogP contribution < -0.4 is 10.6 Å². The molecule has 0 aromatic carbocycles. The van der Waals surface area contributed by atoms with E-state index < -0.39 is 0 Å². The van der Waals surface area contributed by atoms with Gasteiger partial charge in [-0.15, -0.1) is 0 Å². The fourth-order valence-electron chi connectivity index (χ4n) is 2.68. The number of carbonyl (C=O) groups excluding carboxylic acids is 1. The van der Waals surface area contributed by atoms with Crippen molar-refractivity contribution in [1.29, 1.82) is 0 Å². The smallest absolute Gasteiger partial charge is 0.234 e. The highest BCUT2D eigenvalue weighted by molar-refractivity contribution is 5.78. The van der Waals surface area contributed by atoms with Gasteiger partial charge in [-0.3, -0.25) is 4.79 Å². The molecule has 4 nitrogen and oxygen atoms in total. The molecule has 0 spiro atoms. The first-order valence-electron chi connectivity index (χ1n) is 7.15. The van der Waals surface area contributed by atoms with Crippen molar-refractivity contribution in [3.8, 4) is 0 Å². The van der Waals surface area contributed by atoms with Gasteiger partial charge in [-0.1, -0.05) is 0 Å². The first-order chi connectivity index (χ1) is 8.47. The van der Waals surface area contributed by atoms with Crippen LogP contribution in [0.3, 0.4) is 0 Å². The maximum atomic E-state index is 11.5. The Morgan fingerprint density at radius 1 is 1.22 bits per heavy atom. The molecule has 2 N–H and O–H groups in total. The summed E-state index contributed by atoms with van der Waals surface area (Å²) in [6.45, 7) is 5.64. The van der Waals surface area contributed by atoms with Gasteiger partial charge in [-0.05, 0) is 59.5 Å². The first kappa shape index (κ1) is 15.4. The molecular formula is C14H29N3O. The van der Waals surface area contributed by atoms with E-state index in [1.165, 1.54) is 32.2 Å². The molecule has 0 aromatic rings. The Kier molecular flexibility index (Phi) is 6.65. The quantitative estimate of drug-likeness (QED) is 0.750. The van der Waals surface area contributed by atoms with Crippen LogP contribution in [0.1, 0.15) is 39.5 Å². The normalized spacial score (nSPS) is 24.6. The van der Waals surface area contributed by atoms with E-state index in [9.17, 15) is 4.79 Å². The van der Waals surface area contributed by atoms with E-state index >= 15 is 0 Å². The van der Waals surface area contributed by atoms with Crippen molar-refractivity contribution in [2.75, 3.05) is 27.2 Å². The fraction of sp³-hybridized carbons (Fsp3) is 0.929. The van der Waals surface area contributed by atoms with Gasteiger partial charge in [0.15, 0.2) is 0 Å². The van der Waals surface area contributed by atoms with Crippen LogP contribution in [0.2, 0.25) is 0 Å². The third-order valence-electron chi connectivity index (χ3n) is 3.47. The molecule has 1 rings (SSSR count). The summed E-state index contributed by atoms with van der Waals surface area (Å²) in [5, 5.41) is 6.28. The predicted molar refractivity (Wildman–Crippen MR) is 75.6 cm³/mol. The van der Waals surface area contributed by atoms with Crippen molar-refractivity contribution in [1.82, 2.24) is 15.5 Å². The summed E-state index contributed by atoms with van der Waals surface area (Å²) >= 11 is 0. The lowest BCUT2D eigenvalue weighted by Crippen LogP contribution is -2.43. The monoisotopic (exact) mass is 255 g/mol. The minimum Gasteiger partial charge on any atom is -0.353 e. The topological polar surface area (TPSA) is 44.4 Å². The number of nitrogens with one attached hydrogen (secondary N) is 2. The van der Waals surface area contributed by atoms with Gasteiger partial charge < -0.3 is 15.5 Å². The third kappa shape index (κ3) is 6.36. The first-order valence-corrected chi connectivity index (χ1v) is 7.15. The molecule has 1 aliphatic carbocycles. The zero-order chi connectivity index (χ0) is 13.5. The van der Waals surface area contributed by atoms with E-state index in [-0.39, 0.29) is 11.9 Å². The Bertz CT molecular complexity index is 245. The van der Waals surface area contributed by atoms with Gasteiger partial charge in [-0.25, -0.2) is 0 Å². The molecule has 0 radical (unpaired) electrons. The van der Waals surface area contributed by atoms with Crippen molar-refractivity contribution in [2.24, 2.45) is 5.92 Å². The summed E-state index contributed by atoms with van der Waals surface area (Å²) < 4.78 is 0. The van der Waals surface area contributed by atoms with Gasteiger partial charge in [0.2, 0.25) is 5.91 Å². The van der Waals surface area contributed by atoms with Crippen molar-refractivity contribution in [3.05, 3.63) is 0 Å². The minimum absolute atomic E-state index is 0.111. The lowest BCUT2D eigenvalue weighted by Gasteiger charge is -2.30. The van der Waals surface area contributed by atoms with Crippen LogP contribution in [0.4, 0.5) is 0 Å². The summed E-state index contributed by atoms with van der Waals surface area (Å²) in [5.74, 6) is 0.947. The largest absolute Gasteiger partial charge is 0.353 e. The van der Waals surface area contributed by atoms with Crippen LogP contribution in [0.25, 0.3) is 0 Å². The Morgan fingerprint density at radius 2 is 1.83 bits per heavy atom. The van der Waals surface area contributed by atoms with E-state index in [1.54, 1.807) is 0 Å². The summed E-state index contributed by atoms with van der Waals surface area (Å²) in [6, 6.07) is 0.761. The van der Waals surface area contributed by atoms with E-state index in [4.69, 9.17) is 0 Å². The molecule has 0 aromatic heterocycles. The van der Waals surface area contributed by atoms with E-state index in [1.807, 2.05) is 13.8 Å². The number of carbonyl (C=O) groups is 1. The standard InChI is InChI=1S/C14H29N3O/c1-11(2)16-14(18)9-15-13-7-5-12(6-8-13)10-17(3)4/h11-13,15H,5-10H2,1-4H3,(H,16,18). The molecule has 0 atom stereocenters. The molecule has 0 saturated heterocycles. The van der Waals surface area contributed by atoms with Crippen molar-refractivity contribution in [3.63, 3.8) is 0 Å². The molecule has 106 valence electrons. The SMILES string of the molecule is CC(C)NC(=O)CNC1CCC(CN(C)C)CC1. The van der Waals surface area contributed by atoms with E-state index in [2.05, 4.69) is 29.6 Å². The lowest BCUT2D eigenvalue weighted by molar-refractivity contribution is -0.120. The van der Waals surface area contributed by atoms with Gasteiger partial charge in [0.1, 0.15) is 0 Å². The van der Waals surface area contributed by atoms with Crippen molar-refractivity contribution in [2.45, 2.75) is 51.6 Å². The van der Waals surface area contributed by atoms with Gasteiger partial charge in [0.25, 0.3) is 0 Å². The highest BCUT2D eigenvalue weighted by Crippen LogP contribution is 2.24. The maximum absolute atomic E-state index is 11.5. The maximum Gasteiger partial charge on any atom is 0.234 e. The zero-order valence-electron chi connectivity index (χ0n) is 12.3. The molecule has 0 heterocycles. The second kappa shape index (κ2) is 7.74. The van der Waals surface area contributed by atoms with E-state index in [0.717, 1.165) is 5.92 Å². The molecule has 4 heteroatoms. The number of nitrogens with zero attached hydrogens (tertiary/aromatic N) is 1. The number of amides is 1. The Balaban J connectivity index is 2.14. The fourth-order valence-corrected chi connectivity index (χ4v) is 2.68. The predicted octanol–water partition coefficient (Wildman–Crippen LogP) is 1.22. The van der Waals surface area contributed by atoms with Gasteiger partial charge in [0, 0.05) is 18.6 Å². The second-order valence-electron chi connectivity index (χ2n) is 6.08. The summed E-state index contributed by atoms with van der Waals surface area (Å²) in [4.78, 5) is 13.8. The zero-order valence-corrected chi connectivity index (χ0v) is 12.3. The molecule has 1 amide bonds. The molecule has 18 heavy (non-hydrogen) atoms. The average molecular weight is 255 g/mol. The minimum atomic E-state index is 0.111. The van der Waals surface area contributed by atoms with Crippen LogP contribution in [0.5, 0.6) is 0 Å². The van der Waals surface area contributed by atoms with Crippen LogP contribution in [-0.4, -0.2) is 50.1 Å². The highest BCUT2D eigenvalue weighted by Gasteiger charge is 2.21. The van der Waals surface area contributed by atoms with Crippen LogP contribution >= 0.6 is 0 Å². The third-order valence-corrected chi connectivity index (χ3v) is 3.47. The number of hydrogen-bond donors (Lipinski definition) is 2. The Labute approximate surface area is 111 Å². The second-order valence-corrected chi connectivity index (χ2v) is 6.08. The molecule has 0 bridgehead atoms. The van der Waals surface area contributed by atoms with Crippen molar-refractivity contribution >= 4 is 5.91 Å². The summed E-state index contributed by atoms with van der Waals surface area (Å²) in [7, 11) is 4.28. The molecule has 1 saturated carbocycles. The van der Waals surface area contributed by atoms with Gasteiger partial charge >= 0.3 is 0 Å². The Hall–Kier alpha value is -0.610. The highest BCUT2D eigenvalue weighted by atomic mass is 16.1. The molecular weight excluding hydrogens is 226 g/mol. The Morgan fingerprint density at radius 3 is 2.33 bits per heavy atom. The van der Waals surface area contributed by atoms with Crippen molar-refractivity contribution < 1.29 is 4.79 Å². The van der Waals surface area contributed by atoms with Gasteiger partial charge in [0.05, 0.1) is 6.54 Å². The lowest BCUT2D eigenvalue weighted by atomic mass is 9.86. The summed E-state index contributed by atoms with van der Waals surface area (Å²) in [5.41, 5.74) is 0. The molecule has 1 fully saturated rings. The molecule has 1 aliphatic rings. The number of rotatable bonds is 6. The van der Waals surface area contributed by atoms with Crippen LogP contribution in [0, 0.1) is 5.92 Å². The molecule has 0 unspecified atom stereocenters. The number of hydrogen-bond acceptors (Lipinski definition) is 3. The van der Waals surface area contributed by atoms with Crippen LogP contribution in [-0.2, 0) is 4.79 Å². The molecule has 0 aliphatic heterocycles. The average Bonchev–Trinajstić information content (AvgIpc) is 2.26.